The van der Waals surface area contributed by atoms with Crippen LogP contribution in [0.5, 0.6) is 0 Å². The Labute approximate surface area is 148 Å². The molecular formula is C17H18N6OS. The van der Waals surface area contributed by atoms with Crippen LogP contribution in [0.2, 0.25) is 0 Å². The SMILES string of the molecule is NC1CCc2nc(C(=O)NCc3nc(-c4cccnc4)cs3)cn2C1. The molecule has 1 atom stereocenters. The summed E-state index contributed by atoms with van der Waals surface area (Å²) in [4.78, 5) is 25.4. The minimum absolute atomic E-state index is 0.138. The molecule has 1 amide bonds. The van der Waals surface area contributed by atoms with Crippen LogP contribution in [0.25, 0.3) is 11.3 Å². The number of nitrogens with one attached hydrogen (secondary N) is 1. The Kier molecular flexibility index (Phi) is 4.29. The highest BCUT2D eigenvalue weighted by Gasteiger charge is 2.20. The van der Waals surface area contributed by atoms with Crippen molar-refractivity contribution in [3.8, 4) is 11.3 Å². The van der Waals surface area contributed by atoms with E-state index < -0.39 is 0 Å². The third-order valence-corrected chi connectivity index (χ3v) is 5.02. The first kappa shape index (κ1) is 15.9. The average Bonchev–Trinajstić information content (AvgIpc) is 3.27. The van der Waals surface area contributed by atoms with Gasteiger partial charge in [0.25, 0.3) is 5.91 Å². The largest absolute Gasteiger partial charge is 0.344 e. The second-order valence-electron chi connectivity index (χ2n) is 6.04. The maximum Gasteiger partial charge on any atom is 0.271 e. The van der Waals surface area contributed by atoms with Crippen LogP contribution >= 0.6 is 11.3 Å². The normalized spacial score (nSPS) is 16.4. The molecule has 1 aliphatic heterocycles. The number of rotatable bonds is 4. The molecule has 25 heavy (non-hydrogen) atoms. The smallest absolute Gasteiger partial charge is 0.271 e. The number of nitrogens with zero attached hydrogens (tertiary/aromatic N) is 4. The highest BCUT2D eigenvalue weighted by Crippen LogP contribution is 2.21. The summed E-state index contributed by atoms with van der Waals surface area (Å²) in [6.07, 6.45) is 7.02. The predicted octanol–water partition coefficient (Wildman–Crippen LogP) is 1.61. The van der Waals surface area contributed by atoms with Crippen LogP contribution in [0.15, 0.2) is 36.1 Å². The standard InChI is InChI=1S/C17H18N6OS/c18-12-3-4-15-21-13(9-23(15)8-12)17(24)20-7-16-22-14(10-25-16)11-2-1-5-19-6-11/h1-2,5-6,9-10,12H,3-4,7-8,18H2,(H,20,24). The lowest BCUT2D eigenvalue weighted by Gasteiger charge is -2.19. The number of amides is 1. The van der Waals surface area contributed by atoms with Gasteiger partial charge in [-0.2, -0.15) is 0 Å². The Balaban J connectivity index is 1.40. The summed E-state index contributed by atoms with van der Waals surface area (Å²) >= 11 is 1.51. The predicted molar refractivity (Wildman–Crippen MR) is 95.0 cm³/mol. The van der Waals surface area contributed by atoms with E-state index in [1.807, 2.05) is 22.1 Å². The number of thiazole rings is 1. The van der Waals surface area contributed by atoms with Crippen molar-refractivity contribution in [1.82, 2.24) is 24.8 Å². The Morgan fingerprint density at radius 2 is 2.36 bits per heavy atom. The van der Waals surface area contributed by atoms with E-state index in [0.717, 1.165) is 41.5 Å². The topological polar surface area (TPSA) is 98.7 Å². The van der Waals surface area contributed by atoms with Crippen LogP contribution in [0.1, 0.15) is 27.7 Å². The van der Waals surface area contributed by atoms with Gasteiger partial charge in [0.1, 0.15) is 16.5 Å². The van der Waals surface area contributed by atoms with E-state index in [2.05, 4.69) is 20.3 Å². The number of imidazole rings is 1. The van der Waals surface area contributed by atoms with Crippen molar-refractivity contribution in [3.63, 3.8) is 0 Å². The molecule has 4 rings (SSSR count). The molecule has 0 saturated heterocycles. The fourth-order valence-corrected chi connectivity index (χ4v) is 3.61. The van der Waals surface area contributed by atoms with Gasteiger partial charge in [0, 0.05) is 48.5 Å². The Hall–Kier alpha value is -2.58. The van der Waals surface area contributed by atoms with Crippen LogP contribution in [0, 0.1) is 0 Å². The second-order valence-corrected chi connectivity index (χ2v) is 6.99. The summed E-state index contributed by atoms with van der Waals surface area (Å²) in [5.41, 5.74) is 8.23. The Morgan fingerprint density at radius 3 is 3.20 bits per heavy atom. The van der Waals surface area contributed by atoms with Crippen molar-refractivity contribution in [1.29, 1.82) is 0 Å². The van der Waals surface area contributed by atoms with E-state index in [4.69, 9.17) is 5.73 Å². The molecule has 4 heterocycles. The maximum absolute atomic E-state index is 12.3. The van der Waals surface area contributed by atoms with Gasteiger partial charge in [0.15, 0.2) is 0 Å². The molecule has 7 nitrogen and oxygen atoms in total. The zero-order valence-electron chi connectivity index (χ0n) is 13.6. The highest BCUT2D eigenvalue weighted by molar-refractivity contribution is 7.09. The molecule has 1 unspecified atom stereocenters. The van der Waals surface area contributed by atoms with E-state index >= 15 is 0 Å². The third-order valence-electron chi connectivity index (χ3n) is 4.17. The molecule has 3 aromatic rings. The minimum Gasteiger partial charge on any atom is -0.344 e. The van der Waals surface area contributed by atoms with Gasteiger partial charge in [-0.25, -0.2) is 9.97 Å². The maximum atomic E-state index is 12.3. The first-order valence-corrected chi connectivity index (χ1v) is 9.01. The van der Waals surface area contributed by atoms with E-state index in [9.17, 15) is 4.79 Å². The van der Waals surface area contributed by atoms with Crippen molar-refractivity contribution >= 4 is 17.2 Å². The molecule has 0 bridgehead atoms. The molecule has 3 N–H and O–H groups in total. The number of hydrogen-bond donors (Lipinski definition) is 2. The molecule has 3 aromatic heterocycles. The number of fused-ring (bicyclic) bond motifs is 1. The van der Waals surface area contributed by atoms with Gasteiger partial charge in [0.2, 0.25) is 0 Å². The molecule has 0 saturated carbocycles. The lowest BCUT2D eigenvalue weighted by Crippen LogP contribution is -2.31. The van der Waals surface area contributed by atoms with Gasteiger partial charge in [-0.15, -0.1) is 11.3 Å². The quantitative estimate of drug-likeness (QED) is 0.741. The second kappa shape index (κ2) is 6.73. The molecule has 0 radical (unpaired) electrons. The van der Waals surface area contributed by atoms with Crippen LogP contribution in [-0.4, -0.2) is 31.5 Å². The van der Waals surface area contributed by atoms with Gasteiger partial charge in [-0.1, -0.05) is 0 Å². The van der Waals surface area contributed by atoms with E-state index in [-0.39, 0.29) is 11.9 Å². The number of carbonyl (C=O) groups excluding carboxylic acids is 1. The van der Waals surface area contributed by atoms with E-state index in [1.165, 1.54) is 11.3 Å². The van der Waals surface area contributed by atoms with Gasteiger partial charge < -0.3 is 15.6 Å². The number of aromatic nitrogens is 4. The lowest BCUT2D eigenvalue weighted by molar-refractivity contribution is 0.0946. The number of aryl methyl sites for hydroxylation is 1. The molecule has 128 valence electrons. The summed E-state index contributed by atoms with van der Waals surface area (Å²) in [5, 5.41) is 5.70. The molecule has 0 aliphatic carbocycles. The number of pyridine rings is 1. The number of hydrogen-bond acceptors (Lipinski definition) is 6. The van der Waals surface area contributed by atoms with Crippen molar-refractivity contribution in [3.05, 3.63) is 52.6 Å². The monoisotopic (exact) mass is 354 g/mol. The summed E-state index contributed by atoms with van der Waals surface area (Å²) in [7, 11) is 0. The summed E-state index contributed by atoms with van der Waals surface area (Å²) in [5.74, 6) is 0.744. The van der Waals surface area contributed by atoms with Crippen molar-refractivity contribution in [2.75, 3.05) is 0 Å². The zero-order valence-corrected chi connectivity index (χ0v) is 14.4. The van der Waals surface area contributed by atoms with Gasteiger partial charge in [-0.3, -0.25) is 9.78 Å². The van der Waals surface area contributed by atoms with Gasteiger partial charge in [-0.05, 0) is 18.6 Å². The van der Waals surface area contributed by atoms with Gasteiger partial charge >= 0.3 is 0 Å². The van der Waals surface area contributed by atoms with Crippen LogP contribution in [0.3, 0.4) is 0 Å². The summed E-state index contributed by atoms with van der Waals surface area (Å²) in [6, 6.07) is 3.98. The third kappa shape index (κ3) is 3.45. The molecule has 8 heteroatoms. The Morgan fingerprint density at radius 1 is 1.44 bits per heavy atom. The molecule has 0 fully saturated rings. The first-order valence-electron chi connectivity index (χ1n) is 8.13. The summed E-state index contributed by atoms with van der Waals surface area (Å²) in [6.45, 7) is 1.10. The van der Waals surface area contributed by atoms with Crippen molar-refractivity contribution in [2.24, 2.45) is 5.73 Å². The Bertz CT molecular complexity index is 888. The lowest BCUT2D eigenvalue weighted by atomic mass is 10.1. The highest BCUT2D eigenvalue weighted by atomic mass is 32.1. The van der Waals surface area contributed by atoms with E-state index in [1.54, 1.807) is 18.6 Å². The van der Waals surface area contributed by atoms with Crippen LogP contribution in [-0.2, 0) is 19.5 Å². The summed E-state index contributed by atoms with van der Waals surface area (Å²) < 4.78 is 1.98. The van der Waals surface area contributed by atoms with Crippen LogP contribution < -0.4 is 11.1 Å². The van der Waals surface area contributed by atoms with E-state index in [0.29, 0.717) is 12.2 Å². The fraction of sp³-hybridized carbons (Fsp3) is 0.294. The van der Waals surface area contributed by atoms with Crippen LogP contribution in [0.4, 0.5) is 0 Å². The van der Waals surface area contributed by atoms with Crippen molar-refractivity contribution in [2.45, 2.75) is 32.0 Å². The molecule has 0 aromatic carbocycles. The first-order chi connectivity index (χ1) is 12.2. The molecule has 1 aliphatic rings. The molecular weight excluding hydrogens is 336 g/mol. The minimum atomic E-state index is -0.186. The van der Waals surface area contributed by atoms with Crippen molar-refractivity contribution < 1.29 is 4.79 Å². The number of nitrogens with two attached hydrogens (primary N) is 1. The van der Waals surface area contributed by atoms with Gasteiger partial charge in [0.05, 0.1) is 12.2 Å². The zero-order chi connectivity index (χ0) is 17.2. The molecule has 0 spiro atoms. The fourth-order valence-electron chi connectivity index (χ4n) is 2.87. The number of carbonyl (C=O) groups is 1. The average molecular weight is 354 g/mol.